The van der Waals surface area contributed by atoms with Gasteiger partial charge in [0, 0.05) is 23.3 Å². The Hall–Kier alpha value is -4.19. The maximum absolute atomic E-state index is 13.0. The van der Waals surface area contributed by atoms with Crippen LogP contribution in [0.1, 0.15) is 27.5 Å². The summed E-state index contributed by atoms with van der Waals surface area (Å²) in [5, 5.41) is 26.5. The fraction of sp³-hybridized carbons (Fsp3) is 0.0417. The molecule has 0 aliphatic heterocycles. The Bertz CT molecular complexity index is 1240. The molecule has 6 heteroatoms. The summed E-state index contributed by atoms with van der Waals surface area (Å²) in [4.78, 5) is 23.5. The van der Waals surface area contributed by atoms with E-state index in [-0.39, 0.29) is 17.0 Å². The van der Waals surface area contributed by atoms with Gasteiger partial charge in [0.2, 0.25) is 0 Å². The predicted octanol–water partition coefficient (Wildman–Crippen LogP) is 4.97. The van der Waals surface area contributed by atoms with Crippen LogP contribution in [0.5, 0.6) is 5.75 Å². The summed E-state index contributed by atoms with van der Waals surface area (Å²) >= 11 is 0. The number of nitrogens with zero attached hydrogens (tertiary/aromatic N) is 1. The quantitative estimate of drug-likeness (QED) is 0.367. The number of nitro benzene ring substituents is 1. The lowest BCUT2D eigenvalue weighted by atomic mass is 9.92. The van der Waals surface area contributed by atoms with Gasteiger partial charge in [-0.25, -0.2) is 0 Å². The molecule has 0 heterocycles. The number of amides is 1. The van der Waals surface area contributed by atoms with Gasteiger partial charge in [0.25, 0.3) is 11.6 Å². The van der Waals surface area contributed by atoms with E-state index in [9.17, 15) is 20.0 Å². The van der Waals surface area contributed by atoms with Gasteiger partial charge >= 0.3 is 0 Å². The minimum Gasteiger partial charge on any atom is -0.508 e. The molecule has 0 saturated carbocycles. The molecule has 4 aromatic carbocycles. The van der Waals surface area contributed by atoms with Crippen LogP contribution in [0.3, 0.4) is 0 Å². The fourth-order valence-electron chi connectivity index (χ4n) is 3.53. The zero-order valence-corrected chi connectivity index (χ0v) is 15.9. The van der Waals surface area contributed by atoms with Crippen molar-refractivity contribution in [2.24, 2.45) is 0 Å². The lowest BCUT2D eigenvalue weighted by molar-refractivity contribution is -0.384. The Labute approximate surface area is 172 Å². The fourth-order valence-corrected chi connectivity index (χ4v) is 3.53. The zero-order chi connectivity index (χ0) is 21.1. The number of carbonyl (C=O) groups excluding carboxylic acids is 1. The van der Waals surface area contributed by atoms with Crippen molar-refractivity contribution in [1.82, 2.24) is 5.32 Å². The van der Waals surface area contributed by atoms with Gasteiger partial charge < -0.3 is 10.4 Å². The van der Waals surface area contributed by atoms with E-state index in [0.717, 1.165) is 16.3 Å². The van der Waals surface area contributed by atoms with Crippen molar-refractivity contribution in [2.75, 3.05) is 0 Å². The Morgan fingerprint density at radius 3 is 2.40 bits per heavy atom. The first kappa shape index (κ1) is 19.1. The Morgan fingerprint density at radius 1 is 0.900 bits per heavy atom. The maximum atomic E-state index is 13.0. The van der Waals surface area contributed by atoms with E-state index in [1.807, 2.05) is 60.7 Å². The van der Waals surface area contributed by atoms with Crippen molar-refractivity contribution in [3.05, 3.63) is 118 Å². The molecule has 30 heavy (non-hydrogen) atoms. The van der Waals surface area contributed by atoms with Gasteiger partial charge in [-0.2, -0.15) is 0 Å². The first-order valence-electron chi connectivity index (χ1n) is 9.35. The number of hydrogen-bond donors (Lipinski definition) is 2. The number of non-ortho nitro benzene ring substituents is 1. The number of carbonyl (C=O) groups is 1. The smallest absolute Gasteiger partial charge is 0.270 e. The first-order valence-corrected chi connectivity index (χ1v) is 9.35. The molecule has 0 aliphatic rings. The van der Waals surface area contributed by atoms with Gasteiger partial charge in [0.05, 0.1) is 11.0 Å². The minimum atomic E-state index is -0.649. The number of nitrogens with one attached hydrogen (secondary N) is 1. The third-order valence-electron chi connectivity index (χ3n) is 4.96. The minimum absolute atomic E-state index is 0.0573. The molecule has 2 N–H and O–H groups in total. The number of fused-ring (bicyclic) bond motifs is 1. The van der Waals surface area contributed by atoms with Gasteiger partial charge in [0.1, 0.15) is 5.75 Å². The van der Waals surface area contributed by atoms with Gasteiger partial charge in [-0.3, -0.25) is 14.9 Å². The molecule has 0 spiro atoms. The van der Waals surface area contributed by atoms with Gasteiger partial charge in [-0.1, -0.05) is 66.7 Å². The zero-order valence-electron chi connectivity index (χ0n) is 15.9. The number of nitro groups is 1. The summed E-state index contributed by atoms with van der Waals surface area (Å²) in [7, 11) is 0. The summed E-state index contributed by atoms with van der Waals surface area (Å²) in [6, 6.07) is 25.2. The van der Waals surface area contributed by atoms with Crippen molar-refractivity contribution in [3.63, 3.8) is 0 Å². The van der Waals surface area contributed by atoms with E-state index in [0.29, 0.717) is 5.56 Å². The van der Waals surface area contributed by atoms with E-state index in [2.05, 4.69) is 5.32 Å². The van der Waals surface area contributed by atoms with Crippen molar-refractivity contribution in [3.8, 4) is 5.75 Å². The summed E-state index contributed by atoms with van der Waals surface area (Å²) in [5.74, 6) is -0.415. The van der Waals surface area contributed by atoms with E-state index in [1.165, 1.54) is 24.3 Å². The molecule has 1 unspecified atom stereocenters. The third kappa shape index (κ3) is 3.71. The Morgan fingerprint density at radius 2 is 1.63 bits per heavy atom. The van der Waals surface area contributed by atoms with Gasteiger partial charge in [0.15, 0.2) is 0 Å². The standard InChI is InChI=1S/C24H18N2O4/c27-21-14-13-16-7-4-5-12-20(16)22(21)23(17-8-2-1-3-9-17)25-24(28)18-10-6-11-19(15-18)26(29)30/h1-15,23,27H,(H,25,28). The Kier molecular flexibility index (Phi) is 5.13. The summed E-state index contributed by atoms with van der Waals surface area (Å²) in [5.41, 5.74) is 1.36. The van der Waals surface area contributed by atoms with Crippen LogP contribution in [0.15, 0.2) is 91.0 Å². The molecule has 6 nitrogen and oxygen atoms in total. The number of hydrogen-bond acceptors (Lipinski definition) is 4. The summed E-state index contributed by atoms with van der Waals surface area (Å²) in [6.45, 7) is 0. The molecule has 0 aliphatic carbocycles. The van der Waals surface area contributed by atoms with E-state index in [4.69, 9.17) is 0 Å². The Balaban J connectivity index is 1.82. The highest BCUT2D eigenvalue weighted by atomic mass is 16.6. The van der Waals surface area contributed by atoms with Crippen LogP contribution in [0.25, 0.3) is 10.8 Å². The van der Waals surface area contributed by atoms with E-state index in [1.54, 1.807) is 6.07 Å². The molecule has 0 bridgehead atoms. The normalized spacial score (nSPS) is 11.7. The molecule has 0 saturated heterocycles. The maximum Gasteiger partial charge on any atom is 0.270 e. The summed E-state index contributed by atoms with van der Waals surface area (Å²) < 4.78 is 0. The van der Waals surface area contributed by atoms with Crippen LogP contribution in [0.2, 0.25) is 0 Å². The van der Waals surface area contributed by atoms with Crippen LogP contribution in [0, 0.1) is 10.1 Å². The second kappa shape index (κ2) is 8.05. The molecule has 0 aromatic heterocycles. The molecule has 1 amide bonds. The molecular weight excluding hydrogens is 380 g/mol. The highest BCUT2D eigenvalue weighted by Crippen LogP contribution is 2.36. The lowest BCUT2D eigenvalue weighted by Crippen LogP contribution is -2.29. The first-order chi connectivity index (χ1) is 14.5. The average Bonchev–Trinajstić information content (AvgIpc) is 2.78. The number of benzene rings is 4. The molecule has 0 radical (unpaired) electrons. The van der Waals surface area contributed by atoms with Crippen molar-refractivity contribution >= 4 is 22.4 Å². The highest BCUT2D eigenvalue weighted by Gasteiger charge is 2.23. The van der Waals surface area contributed by atoms with E-state index >= 15 is 0 Å². The number of phenols is 1. The number of phenolic OH excluding ortho intramolecular Hbond substituents is 1. The van der Waals surface area contributed by atoms with Crippen molar-refractivity contribution in [1.29, 1.82) is 0 Å². The molecule has 0 fully saturated rings. The van der Waals surface area contributed by atoms with Crippen LogP contribution >= 0.6 is 0 Å². The van der Waals surface area contributed by atoms with Crippen molar-refractivity contribution in [2.45, 2.75) is 6.04 Å². The van der Waals surface area contributed by atoms with Crippen LogP contribution in [-0.2, 0) is 0 Å². The summed E-state index contributed by atoms with van der Waals surface area (Å²) in [6.07, 6.45) is 0. The lowest BCUT2D eigenvalue weighted by Gasteiger charge is -2.22. The second-order valence-electron chi connectivity index (χ2n) is 6.84. The van der Waals surface area contributed by atoms with Gasteiger partial charge in [-0.15, -0.1) is 0 Å². The van der Waals surface area contributed by atoms with Crippen LogP contribution in [-0.4, -0.2) is 15.9 Å². The topological polar surface area (TPSA) is 92.5 Å². The molecule has 148 valence electrons. The van der Waals surface area contributed by atoms with Crippen molar-refractivity contribution < 1.29 is 14.8 Å². The predicted molar refractivity (Wildman–Crippen MR) is 114 cm³/mol. The molecule has 4 rings (SSSR count). The third-order valence-corrected chi connectivity index (χ3v) is 4.96. The SMILES string of the molecule is O=C(NC(c1ccccc1)c1c(O)ccc2ccccc12)c1cccc([N+](=O)[O-])c1. The van der Waals surface area contributed by atoms with Gasteiger partial charge in [-0.05, 0) is 28.5 Å². The van der Waals surface area contributed by atoms with Crippen LogP contribution < -0.4 is 5.32 Å². The second-order valence-corrected chi connectivity index (χ2v) is 6.84. The highest BCUT2D eigenvalue weighted by molar-refractivity contribution is 5.96. The van der Waals surface area contributed by atoms with Crippen LogP contribution in [0.4, 0.5) is 5.69 Å². The number of rotatable bonds is 5. The monoisotopic (exact) mass is 398 g/mol. The number of aromatic hydroxyl groups is 1. The molecule has 4 aromatic rings. The van der Waals surface area contributed by atoms with E-state index < -0.39 is 16.9 Å². The molecular formula is C24H18N2O4. The molecule has 1 atom stereocenters. The largest absolute Gasteiger partial charge is 0.508 e. The average molecular weight is 398 g/mol.